The maximum Gasteiger partial charge on any atom is 0.417 e. The van der Waals surface area contributed by atoms with Gasteiger partial charge < -0.3 is 69.9 Å². The lowest BCUT2D eigenvalue weighted by atomic mass is 9.90. The monoisotopic (exact) mass is 1560 g/mol. The first-order valence-corrected chi connectivity index (χ1v) is 38.3. The maximum atomic E-state index is 15.8. The summed E-state index contributed by atoms with van der Waals surface area (Å²) < 4.78 is 89.4. The topological polar surface area (TPSA) is 300 Å². The van der Waals surface area contributed by atoms with Crippen LogP contribution in [0.1, 0.15) is 160 Å². The van der Waals surface area contributed by atoms with Crippen LogP contribution in [0.15, 0.2) is 42.5 Å². The summed E-state index contributed by atoms with van der Waals surface area (Å²) in [6, 6.07) is -6.03. The van der Waals surface area contributed by atoms with Crippen LogP contribution in [0.3, 0.4) is 0 Å². The molecule has 1 spiro atoms. The first kappa shape index (κ1) is 86.5. The van der Waals surface area contributed by atoms with Gasteiger partial charge in [0.1, 0.15) is 59.9 Å². The number of nitrogens with one attached hydrogen (secondary N) is 3. The van der Waals surface area contributed by atoms with E-state index in [0.29, 0.717) is 44.9 Å². The molecule has 4 aliphatic heterocycles. The molecule has 12 amide bonds. The van der Waals surface area contributed by atoms with Gasteiger partial charge in [0.15, 0.2) is 0 Å². The highest BCUT2D eigenvalue weighted by atomic mass is 35.5. The number of aryl methyl sites for hydroxylation is 1. The van der Waals surface area contributed by atoms with Crippen LogP contribution in [0, 0.1) is 17.8 Å². The van der Waals surface area contributed by atoms with E-state index in [2.05, 4.69) is 16.0 Å². The van der Waals surface area contributed by atoms with E-state index in [9.17, 15) is 41.0 Å². The number of aliphatic hydroxyl groups excluding tert-OH is 1. The average molecular weight is 1560 g/mol. The normalized spacial score (nSPS) is 27.2. The van der Waals surface area contributed by atoms with Gasteiger partial charge in [0.2, 0.25) is 70.9 Å². The van der Waals surface area contributed by atoms with Gasteiger partial charge in [-0.2, -0.15) is 26.3 Å². The molecule has 2 aromatic carbocycles. The van der Waals surface area contributed by atoms with E-state index in [1.54, 1.807) is 20.8 Å². The Kier molecular flexibility index (Phi) is 29.2. The van der Waals surface area contributed by atoms with Crippen molar-refractivity contribution in [2.45, 2.75) is 229 Å². The zero-order valence-electron chi connectivity index (χ0n) is 64.1. The number of hydrogen-bond donors (Lipinski definition) is 4. The van der Waals surface area contributed by atoms with E-state index >= 15 is 47.9 Å². The van der Waals surface area contributed by atoms with E-state index in [0.717, 1.165) is 57.2 Å². The van der Waals surface area contributed by atoms with E-state index < -0.39 is 210 Å². The SMILES string of the molecule is CCCN1C(=O)[C@@H]2CCN2C(=O)[C@H](C)N(C)C(=O)[C@H]([C@@H](C)CC)NC(=O)[C@H](CC(C)C)N(C)C(=O)C[C@@H](C(=O)N2CCOCC2)N(C)C(=O)[C@H](C2CCCC2)N(C)C(=O)C2(CCCC2)NC(=O)[C@H]2C[C@H](O)CN2C(=O)[C@@H](CCc2ccc(C(F)(F)F)c(Cl)c2)NC(=O)CN(C)C(=O)[C@@H]1Cc1ccc(C(F)(F)F)cc1. The molecule has 6 aliphatic rings. The van der Waals surface area contributed by atoms with Crippen LogP contribution in [-0.4, -0.2) is 274 Å². The number of likely N-dealkylation sites (N-methyl/N-ethyl adjacent to an activating group) is 5. The van der Waals surface area contributed by atoms with Gasteiger partial charge >= 0.3 is 12.4 Å². The number of benzene rings is 2. The number of rotatable bonds is 13. The summed E-state index contributed by atoms with van der Waals surface area (Å²) in [7, 11) is 6.74. The minimum atomic E-state index is -4.84. The van der Waals surface area contributed by atoms with Gasteiger partial charge in [0, 0.05) is 80.8 Å². The molecule has 604 valence electrons. The van der Waals surface area contributed by atoms with E-state index in [1.807, 2.05) is 13.8 Å². The number of alkyl halides is 6. The molecule has 0 aromatic heterocycles. The molecule has 2 aliphatic carbocycles. The Balaban J connectivity index is 1.22. The van der Waals surface area contributed by atoms with Gasteiger partial charge in [-0.1, -0.05) is 96.5 Å². The number of morpholine rings is 1. The molecular formula is C76H107ClF6N12O14. The molecule has 4 heterocycles. The minimum Gasteiger partial charge on any atom is -0.391 e. The second-order valence-corrected chi connectivity index (χ2v) is 31.2. The number of aliphatic hydroxyl groups is 1. The van der Waals surface area contributed by atoms with Crippen molar-refractivity contribution < 1.29 is 93.7 Å². The van der Waals surface area contributed by atoms with Gasteiger partial charge in [-0.25, -0.2) is 0 Å². The first-order chi connectivity index (χ1) is 51.2. The zero-order valence-corrected chi connectivity index (χ0v) is 64.9. The fourth-order valence-corrected chi connectivity index (χ4v) is 16.2. The Bertz CT molecular complexity index is 3650. The minimum absolute atomic E-state index is 0.00298. The lowest BCUT2D eigenvalue weighted by Gasteiger charge is -2.46. The summed E-state index contributed by atoms with van der Waals surface area (Å²) >= 11 is 6.15. The Morgan fingerprint density at radius 1 is 0.688 bits per heavy atom. The van der Waals surface area contributed by atoms with Crippen molar-refractivity contribution in [3.63, 3.8) is 0 Å². The molecule has 8 rings (SSSR count). The third-order valence-corrected chi connectivity index (χ3v) is 23.1. The second kappa shape index (κ2) is 36.8. The number of nitrogens with zero attached hydrogens (tertiary/aromatic N) is 9. The number of amides is 12. The fraction of sp³-hybridized carbons (Fsp3) is 0.684. The summed E-state index contributed by atoms with van der Waals surface area (Å²) in [5.74, 6) is -10.8. The summed E-state index contributed by atoms with van der Waals surface area (Å²) in [4.78, 5) is 193. The van der Waals surface area contributed by atoms with Crippen molar-refractivity contribution in [3.8, 4) is 0 Å². The molecule has 11 atom stereocenters. The summed E-state index contributed by atoms with van der Waals surface area (Å²) in [6.45, 7) is 9.22. The third kappa shape index (κ3) is 20.3. The van der Waals surface area contributed by atoms with Crippen LogP contribution in [-0.2, 0) is 87.5 Å². The van der Waals surface area contributed by atoms with Crippen molar-refractivity contribution in [1.82, 2.24) is 60.0 Å². The number of halogens is 7. The molecule has 4 N–H and O–H groups in total. The third-order valence-electron chi connectivity index (χ3n) is 22.8. The number of carbonyl (C=O) groups excluding carboxylic acids is 12. The lowest BCUT2D eigenvalue weighted by molar-refractivity contribution is -0.161. The Morgan fingerprint density at radius 3 is 1.89 bits per heavy atom. The van der Waals surface area contributed by atoms with Crippen LogP contribution in [0.5, 0.6) is 0 Å². The van der Waals surface area contributed by atoms with E-state index in [-0.39, 0.29) is 101 Å². The van der Waals surface area contributed by atoms with Crippen molar-refractivity contribution in [1.29, 1.82) is 0 Å². The van der Waals surface area contributed by atoms with Crippen LogP contribution < -0.4 is 16.0 Å². The van der Waals surface area contributed by atoms with E-state index in [4.69, 9.17) is 16.3 Å². The van der Waals surface area contributed by atoms with Crippen molar-refractivity contribution in [2.75, 3.05) is 87.7 Å². The van der Waals surface area contributed by atoms with Crippen molar-refractivity contribution in [3.05, 3.63) is 69.7 Å². The molecule has 0 unspecified atom stereocenters. The van der Waals surface area contributed by atoms with Crippen LogP contribution in [0.25, 0.3) is 0 Å². The second-order valence-electron chi connectivity index (χ2n) is 30.8. The Labute approximate surface area is 637 Å². The summed E-state index contributed by atoms with van der Waals surface area (Å²) in [5.41, 5.74) is -3.58. The van der Waals surface area contributed by atoms with E-state index in [1.165, 1.54) is 71.6 Å². The number of hydrogen-bond acceptors (Lipinski definition) is 14. The predicted octanol–water partition coefficient (Wildman–Crippen LogP) is 5.45. The highest BCUT2D eigenvalue weighted by Crippen LogP contribution is 2.39. The molecular weight excluding hydrogens is 1450 g/mol. The van der Waals surface area contributed by atoms with Gasteiger partial charge in [-0.3, -0.25) is 57.5 Å². The molecule has 33 heteroatoms. The molecule has 0 radical (unpaired) electrons. The molecule has 109 heavy (non-hydrogen) atoms. The van der Waals surface area contributed by atoms with Crippen molar-refractivity contribution in [2.24, 2.45) is 17.8 Å². The smallest absolute Gasteiger partial charge is 0.391 e. The molecule has 2 saturated carbocycles. The molecule has 0 bridgehead atoms. The number of carbonyl (C=O) groups is 12. The molecule has 26 nitrogen and oxygen atoms in total. The van der Waals surface area contributed by atoms with Crippen molar-refractivity contribution >= 4 is 82.5 Å². The molecule has 2 aromatic rings. The van der Waals surface area contributed by atoms with Crippen LogP contribution in [0.2, 0.25) is 5.02 Å². The summed E-state index contributed by atoms with van der Waals surface area (Å²) in [6.07, 6.45) is -9.24. The number of fused-ring (bicyclic) bond motifs is 2. The standard InChI is InChI=1S/C76H107ClF6N12O14/c1-12-31-93-59(39-48-20-24-50(25-21-48)75(78,79)80)68(103)87(7)43-60(97)84-54(27-23-47-22-26-52(53(77)38-47)76(81,82)83)67(102)95-42-51(96)40-57(95)65(100)86-74(29-16-17-30-74)73(108)91(11)63(49-18-14-15-19-49)72(107)90(10)58(69(104)92-33-35-109-36-34-92)41-61(98)89(9)56(37-44(3)4)64(99)85-62(45(5)13-2)71(106)88(8)46(6)66(101)94-32-28-55(94)70(93)105/h20-22,24-26,38,44-46,49,51,54-59,62-63,96H,12-19,23,27-37,39-43H2,1-11H3,(H,84,97)(H,85,99)(H,86,100)/t45-,46-,51-,54+,55-,56-,57+,58-,59-,62-,63-/m0/s1. The Hall–Kier alpha value is -8.13. The van der Waals surface area contributed by atoms with Gasteiger partial charge in [-0.05, 0) is 118 Å². The van der Waals surface area contributed by atoms with Gasteiger partial charge in [0.25, 0.3) is 0 Å². The largest absolute Gasteiger partial charge is 0.417 e. The molecule has 4 saturated heterocycles. The number of ether oxygens (including phenoxy) is 1. The maximum absolute atomic E-state index is 15.8. The van der Waals surface area contributed by atoms with Crippen LogP contribution in [0.4, 0.5) is 26.3 Å². The first-order valence-electron chi connectivity index (χ1n) is 38.0. The average Bonchev–Trinajstić information content (AvgIpc) is 1.76. The van der Waals surface area contributed by atoms with Crippen LogP contribution >= 0.6 is 11.6 Å². The fourth-order valence-electron chi connectivity index (χ4n) is 15.9. The highest BCUT2D eigenvalue weighted by molar-refractivity contribution is 6.31. The van der Waals surface area contributed by atoms with Gasteiger partial charge in [0.05, 0.1) is 48.4 Å². The zero-order chi connectivity index (χ0) is 80.5. The predicted molar refractivity (Wildman–Crippen MR) is 388 cm³/mol. The molecule has 6 fully saturated rings. The summed E-state index contributed by atoms with van der Waals surface area (Å²) in [5, 5.41) is 19.2. The Morgan fingerprint density at radius 2 is 1.32 bits per heavy atom. The lowest BCUT2D eigenvalue weighted by Crippen LogP contribution is -2.65. The highest BCUT2D eigenvalue weighted by Gasteiger charge is 2.53. The quantitative estimate of drug-likeness (QED) is 0.181. The van der Waals surface area contributed by atoms with Gasteiger partial charge in [-0.15, -0.1) is 0 Å².